The summed E-state index contributed by atoms with van der Waals surface area (Å²) in [5.41, 5.74) is 6.97. The molecule has 1 heterocycles. The molecule has 74 valence electrons. The number of hydrogen-bond donors (Lipinski definition) is 1. The summed E-state index contributed by atoms with van der Waals surface area (Å²) in [7, 11) is 0. The van der Waals surface area contributed by atoms with Gasteiger partial charge in [-0.1, -0.05) is 13.8 Å². The Morgan fingerprint density at radius 2 is 2.23 bits per heavy atom. The fraction of sp³-hybridized carbons (Fsp3) is 0.700. The molecule has 2 N–H and O–H groups in total. The largest absolute Gasteiger partial charge is 0.328 e. The molecule has 0 aliphatic carbocycles. The summed E-state index contributed by atoms with van der Waals surface area (Å²) in [6.45, 7) is 9.25. The number of aromatic nitrogens is 2. The number of nitrogens with two attached hydrogens (primary N) is 1. The van der Waals surface area contributed by atoms with Gasteiger partial charge in [0.05, 0.1) is 11.9 Å². The van der Waals surface area contributed by atoms with E-state index in [1.807, 2.05) is 12.5 Å². The lowest BCUT2D eigenvalue weighted by Gasteiger charge is -2.35. The zero-order valence-corrected chi connectivity index (χ0v) is 8.91. The summed E-state index contributed by atoms with van der Waals surface area (Å²) in [5.74, 6) is 0.505. The van der Waals surface area contributed by atoms with E-state index < -0.39 is 0 Å². The molecule has 0 aliphatic heterocycles. The van der Waals surface area contributed by atoms with Crippen LogP contribution in [0.25, 0.3) is 0 Å². The van der Waals surface area contributed by atoms with Crippen LogP contribution in [0.1, 0.15) is 26.5 Å². The Hall–Kier alpha value is -0.830. The number of rotatable bonds is 3. The highest BCUT2D eigenvalue weighted by atomic mass is 15.1. The molecule has 0 bridgehead atoms. The molecule has 1 atom stereocenters. The Bertz CT molecular complexity index is 277. The van der Waals surface area contributed by atoms with Crippen LogP contribution in [0, 0.1) is 12.8 Å². The van der Waals surface area contributed by atoms with Gasteiger partial charge in [0.15, 0.2) is 0 Å². The van der Waals surface area contributed by atoms with Crippen LogP contribution in [-0.4, -0.2) is 16.1 Å². The molecule has 1 aromatic rings. The Morgan fingerprint density at radius 3 is 2.54 bits per heavy atom. The molecule has 13 heavy (non-hydrogen) atoms. The van der Waals surface area contributed by atoms with Crippen LogP contribution in [0.4, 0.5) is 0 Å². The van der Waals surface area contributed by atoms with Gasteiger partial charge in [0.1, 0.15) is 0 Å². The molecule has 1 rings (SSSR count). The number of aryl methyl sites for hydroxylation is 1. The highest BCUT2D eigenvalue weighted by Gasteiger charge is 2.29. The second-order valence-corrected chi connectivity index (χ2v) is 4.12. The fourth-order valence-corrected chi connectivity index (χ4v) is 1.51. The van der Waals surface area contributed by atoms with E-state index in [0.29, 0.717) is 12.5 Å². The summed E-state index contributed by atoms with van der Waals surface area (Å²) in [5, 5.41) is 0. The van der Waals surface area contributed by atoms with Crippen LogP contribution >= 0.6 is 0 Å². The van der Waals surface area contributed by atoms with Crippen LogP contribution < -0.4 is 5.73 Å². The van der Waals surface area contributed by atoms with Crippen molar-refractivity contribution in [2.45, 2.75) is 33.2 Å². The van der Waals surface area contributed by atoms with Gasteiger partial charge in [0, 0.05) is 18.4 Å². The summed E-state index contributed by atoms with van der Waals surface area (Å²) in [6, 6.07) is 0. The van der Waals surface area contributed by atoms with Gasteiger partial charge < -0.3 is 10.3 Å². The molecular formula is C10H19N3. The first-order valence-corrected chi connectivity index (χ1v) is 4.72. The molecule has 0 saturated heterocycles. The average Bonchev–Trinajstić information content (AvgIpc) is 2.50. The van der Waals surface area contributed by atoms with Crippen molar-refractivity contribution >= 4 is 0 Å². The Kier molecular flexibility index (Phi) is 2.76. The lowest BCUT2D eigenvalue weighted by molar-refractivity contribution is 0.227. The first-order chi connectivity index (χ1) is 6.02. The number of nitrogens with zero attached hydrogens (tertiary/aromatic N) is 2. The first-order valence-electron chi connectivity index (χ1n) is 4.72. The van der Waals surface area contributed by atoms with Gasteiger partial charge in [-0.25, -0.2) is 4.98 Å². The lowest BCUT2D eigenvalue weighted by Crippen LogP contribution is -2.43. The van der Waals surface area contributed by atoms with E-state index in [1.165, 1.54) is 5.69 Å². The highest BCUT2D eigenvalue weighted by Crippen LogP contribution is 2.25. The highest BCUT2D eigenvalue weighted by molar-refractivity contribution is 5.02. The molecule has 0 fully saturated rings. The number of imidazole rings is 1. The molecule has 1 aromatic heterocycles. The summed E-state index contributed by atoms with van der Waals surface area (Å²) >= 11 is 0. The van der Waals surface area contributed by atoms with Gasteiger partial charge in [-0.05, 0) is 19.8 Å². The number of hydrogen-bond acceptors (Lipinski definition) is 2. The third-order valence-electron chi connectivity index (χ3n) is 3.03. The third-order valence-corrected chi connectivity index (χ3v) is 3.03. The molecule has 1 unspecified atom stereocenters. The molecule has 0 aromatic carbocycles. The first kappa shape index (κ1) is 10.3. The SMILES string of the molecule is Cc1cncn1C(C)(CN)C(C)C. The zero-order valence-electron chi connectivity index (χ0n) is 8.91. The average molecular weight is 181 g/mol. The molecular weight excluding hydrogens is 162 g/mol. The Balaban J connectivity index is 3.10. The Labute approximate surface area is 80.0 Å². The minimum atomic E-state index is -0.0133. The summed E-state index contributed by atoms with van der Waals surface area (Å²) in [4.78, 5) is 4.13. The maximum absolute atomic E-state index is 5.82. The molecule has 3 nitrogen and oxygen atoms in total. The van der Waals surface area contributed by atoms with E-state index >= 15 is 0 Å². The second kappa shape index (κ2) is 3.50. The van der Waals surface area contributed by atoms with Crippen molar-refractivity contribution in [1.82, 2.24) is 9.55 Å². The quantitative estimate of drug-likeness (QED) is 0.768. The van der Waals surface area contributed by atoms with Crippen molar-refractivity contribution < 1.29 is 0 Å². The standard InChI is InChI=1S/C10H19N3/c1-8(2)10(4,6-11)13-7-12-5-9(13)3/h5,7-8H,6,11H2,1-4H3. The zero-order chi connectivity index (χ0) is 10.1. The van der Waals surface area contributed by atoms with Crippen molar-refractivity contribution in [3.63, 3.8) is 0 Å². The summed E-state index contributed by atoms with van der Waals surface area (Å²) in [6.07, 6.45) is 3.73. The second-order valence-electron chi connectivity index (χ2n) is 4.12. The topological polar surface area (TPSA) is 43.8 Å². The summed E-state index contributed by atoms with van der Waals surface area (Å²) < 4.78 is 2.16. The van der Waals surface area contributed by atoms with Crippen molar-refractivity contribution in [1.29, 1.82) is 0 Å². The van der Waals surface area contributed by atoms with E-state index in [9.17, 15) is 0 Å². The molecule has 0 spiro atoms. The van der Waals surface area contributed by atoms with E-state index in [4.69, 9.17) is 5.73 Å². The van der Waals surface area contributed by atoms with E-state index in [2.05, 4.69) is 37.2 Å². The van der Waals surface area contributed by atoms with E-state index in [-0.39, 0.29) is 5.54 Å². The minimum absolute atomic E-state index is 0.0133. The van der Waals surface area contributed by atoms with Crippen molar-refractivity contribution in [2.24, 2.45) is 11.7 Å². The van der Waals surface area contributed by atoms with E-state index in [0.717, 1.165) is 0 Å². The molecule has 0 aliphatic rings. The van der Waals surface area contributed by atoms with Crippen molar-refractivity contribution in [3.05, 3.63) is 18.2 Å². The van der Waals surface area contributed by atoms with Crippen LogP contribution in [0.5, 0.6) is 0 Å². The molecule has 3 heteroatoms. The fourth-order valence-electron chi connectivity index (χ4n) is 1.51. The third kappa shape index (κ3) is 1.61. The molecule has 0 amide bonds. The predicted molar refractivity (Wildman–Crippen MR) is 54.5 cm³/mol. The van der Waals surface area contributed by atoms with E-state index in [1.54, 1.807) is 0 Å². The van der Waals surface area contributed by atoms with Gasteiger partial charge >= 0.3 is 0 Å². The maximum Gasteiger partial charge on any atom is 0.0953 e. The predicted octanol–water partition coefficient (Wildman–Crippen LogP) is 1.52. The van der Waals surface area contributed by atoms with Crippen LogP contribution in [-0.2, 0) is 5.54 Å². The van der Waals surface area contributed by atoms with Gasteiger partial charge in [-0.2, -0.15) is 0 Å². The van der Waals surface area contributed by atoms with Gasteiger partial charge in [0.2, 0.25) is 0 Å². The monoisotopic (exact) mass is 181 g/mol. The Morgan fingerprint density at radius 1 is 1.62 bits per heavy atom. The maximum atomic E-state index is 5.82. The molecule has 0 saturated carbocycles. The normalized spacial score (nSPS) is 16.2. The minimum Gasteiger partial charge on any atom is -0.328 e. The van der Waals surface area contributed by atoms with Crippen LogP contribution in [0.3, 0.4) is 0 Å². The van der Waals surface area contributed by atoms with Gasteiger partial charge in [-0.3, -0.25) is 0 Å². The smallest absolute Gasteiger partial charge is 0.0953 e. The van der Waals surface area contributed by atoms with Crippen molar-refractivity contribution in [3.8, 4) is 0 Å². The lowest BCUT2D eigenvalue weighted by atomic mass is 9.88. The van der Waals surface area contributed by atoms with Crippen LogP contribution in [0.15, 0.2) is 12.5 Å². The van der Waals surface area contributed by atoms with Gasteiger partial charge in [-0.15, -0.1) is 0 Å². The van der Waals surface area contributed by atoms with Crippen molar-refractivity contribution in [2.75, 3.05) is 6.54 Å². The molecule has 0 radical (unpaired) electrons. The van der Waals surface area contributed by atoms with Crippen LogP contribution in [0.2, 0.25) is 0 Å². The van der Waals surface area contributed by atoms with Gasteiger partial charge in [0.25, 0.3) is 0 Å².